The molecule has 1 aromatic carbocycles. The van der Waals surface area contributed by atoms with E-state index in [9.17, 15) is 4.79 Å². The molecule has 0 bridgehead atoms. The van der Waals surface area contributed by atoms with Crippen molar-refractivity contribution in [2.24, 2.45) is 14.1 Å². The van der Waals surface area contributed by atoms with Crippen molar-refractivity contribution in [1.82, 2.24) is 24.5 Å². The maximum absolute atomic E-state index is 12.3. The number of aryl methyl sites for hydroxylation is 2. The number of benzene rings is 1. The summed E-state index contributed by atoms with van der Waals surface area (Å²) < 4.78 is 9.00. The summed E-state index contributed by atoms with van der Waals surface area (Å²) >= 11 is 1.33. The summed E-state index contributed by atoms with van der Waals surface area (Å²) in [4.78, 5) is 12.3. The van der Waals surface area contributed by atoms with Gasteiger partial charge in [-0.25, -0.2) is 0 Å². The number of carbonyl (C=O) groups is 1. The van der Waals surface area contributed by atoms with Crippen molar-refractivity contribution in [2.75, 3.05) is 18.2 Å². The Morgan fingerprint density at radius 2 is 1.96 bits per heavy atom. The number of rotatable bonds is 6. The molecule has 0 saturated carbocycles. The Balaban J connectivity index is 1.70. The van der Waals surface area contributed by atoms with E-state index in [1.54, 1.807) is 11.8 Å². The molecular formula is C18H22N6O2S. The lowest BCUT2D eigenvalue weighted by Crippen LogP contribution is -2.15. The third-order valence-electron chi connectivity index (χ3n) is 4.29. The smallest absolute Gasteiger partial charge is 0.234 e. The molecule has 0 atom stereocenters. The number of amides is 1. The normalized spacial score (nSPS) is 10.9. The highest BCUT2D eigenvalue weighted by Gasteiger charge is 2.17. The molecule has 2 aromatic heterocycles. The highest BCUT2D eigenvalue weighted by Crippen LogP contribution is 2.30. The van der Waals surface area contributed by atoms with Gasteiger partial charge in [0.05, 0.1) is 35.5 Å². The van der Waals surface area contributed by atoms with Crippen molar-refractivity contribution >= 4 is 23.4 Å². The topological polar surface area (TPSA) is 86.9 Å². The molecule has 0 radical (unpaired) electrons. The highest BCUT2D eigenvalue weighted by atomic mass is 32.2. The van der Waals surface area contributed by atoms with E-state index in [-0.39, 0.29) is 11.7 Å². The van der Waals surface area contributed by atoms with Crippen molar-refractivity contribution in [2.45, 2.75) is 19.0 Å². The van der Waals surface area contributed by atoms with Gasteiger partial charge in [-0.15, -0.1) is 10.2 Å². The zero-order valence-electron chi connectivity index (χ0n) is 16.0. The molecule has 3 rings (SSSR count). The van der Waals surface area contributed by atoms with Crippen molar-refractivity contribution in [3.8, 4) is 17.1 Å². The molecule has 0 aliphatic carbocycles. The van der Waals surface area contributed by atoms with E-state index < -0.39 is 0 Å². The minimum Gasteiger partial charge on any atom is -0.496 e. The number of thioether (sulfide) groups is 1. The number of carbonyl (C=O) groups excluding carboxylic acids is 1. The van der Waals surface area contributed by atoms with Gasteiger partial charge in [-0.2, -0.15) is 5.10 Å². The van der Waals surface area contributed by atoms with E-state index in [0.29, 0.717) is 11.0 Å². The molecule has 0 aliphatic rings. The fraction of sp³-hybridized carbons (Fsp3) is 0.333. The average Bonchev–Trinajstić information content (AvgIpc) is 3.14. The standard InChI is InChI=1S/C18H22N6O2S/c1-11-16(12(2)24(4)22-11)19-15(25)10-27-18-21-20-17(23(18)3)13-8-6-7-9-14(13)26-5/h6-9H,10H2,1-5H3,(H,19,25). The Kier molecular flexibility index (Phi) is 5.50. The first-order valence-electron chi connectivity index (χ1n) is 8.38. The van der Waals surface area contributed by atoms with E-state index in [1.807, 2.05) is 56.8 Å². The van der Waals surface area contributed by atoms with E-state index in [4.69, 9.17) is 4.74 Å². The molecule has 9 heteroatoms. The van der Waals surface area contributed by atoms with E-state index in [2.05, 4.69) is 20.6 Å². The molecular weight excluding hydrogens is 364 g/mol. The fourth-order valence-electron chi connectivity index (χ4n) is 2.76. The number of aromatic nitrogens is 5. The first kappa shape index (κ1) is 19.0. The summed E-state index contributed by atoms with van der Waals surface area (Å²) in [5.41, 5.74) is 3.33. The largest absolute Gasteiger partial charge is 0.496 e. The second-order valence-electron chi connectivity index (χ2n) is 6.07. The molecule has 0 unspecified atom stereocenters. The highest BCUT2D eigenvalue weighted by molar-refractivity contribution is 7.99. The molecule has 3 aromatic rings. The van der Waals surface area contributed by atoms with Gasteiger partial charge in [0.1, 0.15) is 5.75 Å². The number of anilines is 1. The van der Waals surface area contributed by atoms with Gasteiger partial charge in [0.15, 0.2) is 11.0 Å². The van der Waals surface area contributed by atoms with Crippen LogP contribution < -0.4 is 10.1 Å². The molecule has 2 heterocycles. The van der Waals surface area contributed by atoms with Gasteiger partial charge in [0, 0.05) is 14.1 Å². The minimum absolute atomic E-state index is 0.110. The summed E-state index contributed by atoms with van der Waals surface area (Å²) in [5.74, 6) is 1.53. The molecule has 0 spiro atoms. The van der Waals surface area contributed by atoms with Gasteiger partial charge in [-0.05, 0) is 26.0 Å². The molecule has 0 aliphatic heterocycles. The minimum atomic E-state index is -0.110. The van der Waals surface area contributed by atoms with Crippen LogP contribution in [0.25, 0.3) is 11.4 Å². The quantitative estimate of drug-likeness (QED) is 0.655. The van der Waals surface area contributed by atoms with Crippen LogP contribution in [-0.2, 0) is 18.9 Å². The average molecular weight is 386 g/mol. The third-order valence-corrected chi connectivity index (χ3v) is 5.31. The van der Waals surface area contributed by atoms with Crippen LogP contribution >= 0.6 is 11.8 Å². The summed E-state index contributed by atoms with van der Waals surface area (Å²) in [6.07, 6.45) is 0. The maximum atomic E-state index is 12.3. The zero-order valence-corrected chi connectivity index (χ0v) is 16.8. The second-order valence-corrected chi connectivity index (χ2v) is 7.01. The summed E-state index contributed by atoms with van der Waals surface area (Å²) in [6.45, 7) is 3.79. The van der Waals surface area contributed by atoms with Crippen molar-refractivity contribution < 1.29 is 9.53 Å². The first-order valence-corrected chi connectivity index (χ1v) is 9.36. The summed E-state index contributed by atoms with van der Waals surface area (Å²) in [5, 5.41) is 16.4. The van der Waals surface area contributed by atoms with Crippen LogP contribution in [0.1, 0.15) is 11.4 Å². The van der Waals surface area contributed by atoms with Gasteiger partial charge in [-0.1, -0.05) is 23.9 Å². The van der Waals surface area contributed by atoms with Gasteiger partial charge >= 0.3 is 0 Å². The molecule has 0 fully saturated rings. The van der Waals surface area contributed by atoms with Crippen molar-refractivity contribution in [3.63, 3.8) is 0 Å². The number of ether oxygens (including phenoxy) is 1. The van der Waals surface area contributed by atoms with Crippen LogP contribution in [0.2, 0.25) is 0 Å². The predicted molar refractivity (Wildman–Crippen MR) is 105 cm³/mol. The SMILES string of the molecule is COc1ccccc1-c1nnc(SCC(=O)Nc2c(C)nn(C)c2C)n1C. The molecule has 1 N–H and O–H groups in total. The van der Waals surface area contributed by atoms with Gasteiger partial charge in [0.25, 0.3) is 0 Å². The Hall–Kier alpha value is -2.81. The van der Waals surface area contributed by atoms with Crippen LogP contribution in [0.5, 0.6) is 5.75 Å². The van der Waals surface area contributed by atoms with Crippen LogP contribution in [-0.4, -0.2) is 43.3 Å². The van der Waals surface area contributed by atoms with Crippen LogP contribution in [0.4, 0.5) is 5.69 Å². The molecule has 142 valence electrons. The number of methoxy groups -OCH3 is 1. The zero-order chi connectivity index (χ0) is 19.6. The monoisotopic (exact) mass is 386 g/mol. The number of hydrogen-bond acceptors (Lipinski definition) is 6. The van der Waals surface area contributed by atoms with Crippen LogP contribution in [0, 0.1) is 13.8 Å². The van der Waals surface area contributed by atoms with Crippen LogP contribution in [0.3, 0.4) is 0 Å². The Morgan fingerprint density at radius 1 is 1.22 bits per heavy atom. The van der Waals surface area contributed by atoms with E-state index in [0.717, 1.165) is 28.4 Å². The van der Waals surface area contributed by atoms with Gasteiger partial charge in [-0.3, -0.25) is 9.48 Å². The Labute approximate surface area is 161 Å². The number of nitrogens with zero attached hydrogens (tertiary/aromatic N) is 5. The lowest BCUT2D eigenvalue weighted by atomic mass is 10.2. The van der Waals surface area contributed by atoms with Gasteiger partial charge < -0.3 is 14.6 Å². The second kappa shape index (κ2) is 7.83. The third kappa shape index (κ3) is 3.82. The van der Waals surface area contributed by atoms with Crippen molar-refractivity contribution in [1.29, 1.82) is 0 Å². The van der Waals surface area contributed by atoms with Gasteiger partial charge in [0.2, 0.25) is 5.91 Å². The molecule has 8 nitrogen and oxygen atoms in total. The molecule has 0 saturated heterocycles. The Bertz CT molecular complexity index is 978. The molecule has 1 amide bonds. The van der Waals surface area contributed by atoms with E-state index in [1.165, 1.54) is 11.8 Å². The first-order chi connectivity index (χ1) is 12.9. The number of hydrogen-bond donors (Lipinski definition) is 1. The number of nitrogens with one attached hydrogen (secondary N) is 1. The predicted octanol–water partition coefficient (Wildman–Crippen LogP) is 2.57. The van der Waals surface area contributed by atoms with Crippen molar-refractivity contribution in [3.05, 3.63) is 35.7 Å². The Morgan fingerprint density at radius 3 is 2.63 bits per heavy atom. The fourth-order valence-corrected chi connectivity index (χ4v) is 3.48. The lowest BCUT2D eigenvalue weighted by molar-refractivity contribution is -0.113. The van der Waals surface area contributed by atoms with Crippen LogP contribution in [0.15, 0.2) is 29.4 Å². The maximum Gasteiger partial charge on any atom is 0.234 e. The summed E-state index contributed by atoms with van der Waals surface area (Å²) in [7, 11) is 5.35. The number of para-hydroxylation sites is 1. The lowest BCUT2D eigenvalue weighted by Gasteiger charge is -2.08. The summed E-state index contributed by atoms with van der Waals surface area (Å²) in [6, 6.07) is 7.63. The molecule has 27 heavy (non-hydrogen) atoms. The van der Waals surface area contributed by atoms with E-state index >= 15 is 0 Å².